The smallest absolute Gasteiger partial charge is 0.244 e. The van der Waals surface area contributed by atoms with E-state index < -0.39 is 0 Å². The van der Waals surface area contributed by atoms with E-state index in [1.807, 2.05) is 6.07 Å². The average Bonchev–Trinajstić information content (AvgIpc) is 2.46. The van der Waals surface area contributed by atoms with E-state index in [-0.39, 0.29) is 5.91 Å². The van der Waals surface area contributed by atoms with Gasteiger partial charge in [-0.25, -0.2) is 0 Å². The quantitative estimate of drug-likeness (QED) is 0.795. The molecule has 1 amide bonds. The third kappa shape index (κ3) is 5.39. The van der Waals surface area contributed by atoms with Crippen LogP contribution in [-0.4, -0.2) is 12.5 Å². The number of nitrogens with zero attached hydrogens (tertiary/aromatic N) is 1. The van der Waals surface area contributed by atoms with Crippen molar-refractivity contribution in [3.05, 3.63) is 41.5 Å². The molecular formula is C16H20N2O. The van der Waals surface area contributed by atoms with Crippen LogP contribution in [0.2, 0.25) is 0 Å². The SMILES string of the molecule is CCC(CC)CNC(=O)/C=C/c1cccc(C#N)c1. The van der Waals surface area contributed by atoms with Crippen LogP contribution in [0.25, 0.3) is 6.08 Å². The summed E-state index contributed by atoms with van der Waals surface area (Å²) in [6.07, 6.45) is 5.39. The van der Waals surface area contributed by atoms with Gasteiger partial charge in [0, 0.05) is 12.6 Å². The lowest BCUT2D eigenvalue weighted by molar-refractivity contribution is -0.116. The second kappa shape index (κ2) is 8.10. The molecule has 3 heteroatoms. The lowest BCUT2D eigenvalue weighted by Gasteiger charge is -2.11. The van der Waals surface area contributed by atoms with E-state index in [1.54, 1.807) is 24.3 Å². The van der Waals surface area contributed by atoms with Crippen LogP contribution in [0.4, 0.5) is 0 Å². The van der Waals surface area contributed by atoms with Crippen molar-refractivity contribution in [2.24, 2.45) is 5.92 Å². The molecule has 0 bridgehead atoms. The monoisotopic (exact) mass is 256 g/mol. The Morgan fingerprint density at radius 3 is 2.79 bits per heavy atom. The Balaban J connectivity index is 2.51. The number of carbonyl (C=O) groups excluding carboxylic acids is 1. The first-order valence-electron chi connectivity index (χ1n) is 6.65. The zero-order valence-corrected chi connectivity index (χ0v) is 11.5. The molecule has 0 atom stereocenters. The first kappa shape index (κ1) is 15.0. The molecule has 0 radical (unpaired) electrons. The number of rotatable bonds is 6. The molecule has 0 heterocycles. The van der Waals surface area contributed by atoms with Crippen LogP contribution in [0, 0.1) is 17.2 Å². The third-order valence-corrected chi connectivity index (χ3v) is 3.16. The molecule has 1 aromatic rings. The molecule has 0 aromatic heterocycles. The summed E-state index contributed by atoms with van der Waals surface area (Å²) in [6.45, 7) is 4.97. The van der Waals surface area contributed by atoms with E-state index in [9.17, 15) is 4.79 Å². The summed E-state index contributed by atoms with van der Waals surface area (Å²) in [6, 6.07) is 9.24. The second-order valence-electron chi connectivity index (χ2n) is 4.50. The lowest BCUT2D eigenvalue weighted by atomic mass is 10.0. The minimum atomic E-state index is -0.0886. The van der Waals surface area contributed by atoms with Gasteiger partial charge in [0.2, 0.25) is 5.91 Å². The molecule has 19 heavy (non-hydrogen) atoms. The fourth-order valence-electron chi connectivity index (χ4n) is 1.77. The van der Waals surface area contributed by atoms with Gasteiger partial charge >= 0.3 is 0 Å². The molecule has 0 saturated heterocycles. The fourth-order valence-corrected chi connectivity index (χ4v) is 1.77. The topological polar surface area (TPSA) is 52.9 Å². The molecule has 0 spiro atoms. The van der Waals surface area contributed by atoms with Crippen LogP contribution in [0.15, 0.2) is 30.3 Å². The Morgan fingerprint density at radius 1 is 1.42 bits per heavy atom. The molecule has 0 aliphatic heterocycles. The van der Waals surface area contributed by atoms with Gasteiger partial charge in [0.05, 0.1) is 11.6 Å². The summed E-state index contributed by atoms with van der Waals surface area (Å²) in [5.74, 6) is 0.452. The summed E-state index contributed by atoms with van der Waals surface area (Å²) >= 11 is 0. The molecule has 1 N–H and O–H groups in total. The number of hydrogen-bond acceptors (Lipinski definition) is 2. The Labute approximate surface area is 114 Å². The van der Waals surface area contributed by atoms with Gasteiger partial charge < -0.3 is 5.32 Å². The van der Waals surface area contributed by atoms with Crippen LogP contribution >= 0.6 is 0 Å². The minimum absolute atomic E-state index is 0.0886. The van der Waals surface area contributed by atoms with Crippen molar-refractivity contribution in [2.45, 2.75) is 26.7 Å². The standard InChI is InChI=1S/C16H20N2O/c1-3-13(4-2)12-18-16(19)9-8-14-6-5-7-15(10-14)11-17/h5-10,13H,3-4,12H2,1-2H3,(H,18,19)/b9-8+. The van der Waals surface area contributed by atoms with E-state index in [2.05, 4.69) is 25.2 Å². The molecule has 0 saturated carbocycles. The highest BCUT2D eigenvalue weighted by Gasteiger charge is 2.04. The van der Waals surface area contributed by atoms with Crippen LogP contribution in [-0.2, 0) is 4.79 Å². The molecule has 0 aliphatic carbocycles. The van der Waals surface area contributed by atoms with Crippen LogP contribution in [0.3, 0.4) is 0 Å². The molecule has 1 aromatic carbocycles. The van der Waals surface area contributed by atoms with Gasteiger partial charge in [-0.15, -0.1) is 0 Å². The van der Waals surface area contributed by atoms with Gasteiger partial charge in [0.1, 0.15) is 0 Å². The maximum atomic E-state index is 11.6. The van der Waals surface area contributed by atoms with Crippen LogP contribution in [0.5, 0.6) is 0 Å². The van der Waals surface area contributed by atoms with E-state index in [4.69, 9.17) is 5.26 Å². The molecule has 3 nitrogen and oxygen atoms in total. The predicted octanol–water partition coefficient (Wildman–Crippen LogP) is 3.12. The second-order valence-corrected chi connectivity index (χ2v) is 4.50. The highest BCUT2D eigenvalue weighted by atomic mass is 16.1. The van der Waals surface area contributed by atoms with Gasteiger partial charge in [-0.1, -0.05) is 38.8 Å². The number of carbonyl (C=O) groups is 1. The van der Waals surface area contributed by atoms with Crippen molar-refractivity contribution in [2.75, 3.05) is 6.54 Å². The zero-order valence-electron chi connectivity index (χ0n) is 11.5. The van der Waals surface area contributed by atoms with Crippen molar-refractivity contribution in [1.82, 2.24) is 5.32 Å². The summed E-state index contributed by atoms with van der Waals surface area (Å²) in [4.78, 5) is 11.6. The average molecular weight is 256 g/mol. The first-order chi connectivity index (χ1) is 9.19. The van der Waals surface area contributed by atoms with Gasteiger partial charge in [-0.05, 0) is 29.7 Å². The number of benzene rings is 1. The van der Waals surface area contributed by atoms with Crippen molar-refractivity contribution in [3.8, 4) is 6.07 Å². The van der Waals surface area contributed by atoms with Gasteiger partial charge in [-0.2, -0.15) is 5.26 Å². The molecule has 100 valence electrons. The van der Waals surface area contributed by atoms with Crippen molar-refractivity contribution >= 4 is 12.0 Å². The lowest BCUT2D eigenvalue weighted by Crippen LogP contribution is -2.27. The fraction of sp³-hybridized carbons (Fsp3) is 0.375. The Kier molecular flexibility index (Phi) is 6.38. The van der Waals surface area contributed by atoms with E-state index >= 15 is 0 Å². The predicted molar refractivity (Wildman–Crippen MR) is 77.3 cm³/mol. The van der Waals surface area contributed by atoms with Gasteiger partial charge in [0.15, 0.2) is 0 Å². The maximum absolute atomic E-state index is 11.6. The zero-order chi connectivity index (χ0) is 14.1. The Hall–Kier alpha value is -2.08. The number of hydrogen-bond donors (Lipinski definition) is 1. The first-order valence-corrected chi connectivity index (χ1v) is 6.65. The largest absolute Gasteiger partial charge is 0.352 e. The normalized spacial score (nSPS) is 10.6. The van der Waals surface area contributed by atoms with Gasteiger partial charge in [0.25, 0.3) is 0 Å². The maximum Gasteiger partial charge on any atom is 0.244 e. The highest BCUT2D eigenvalue weighted by molar-refractivity contribution is 5.91. The van der Waals surface area contributed by atoms with Crippen LogP contribution < -0.4 is 5.32 Å². The van der Waals surface area contributed by atoms with E-state index in [0.29, 0.717) is 18.0 Å². The molecule has 0 aliphatic rings. The number of nitrogens with one attached hydrogen (secondary N) is 1. The summed E-state index contributed by atoms with van der Waals surface area (Å²) in [7, 11) is 0. The Bertz CT molecular complexity index is 482. The van der Waals surface area contributed by atoms with Crippen molar-refractivity contribution in [3.63, 3.8) is 0 Å². The number of nitriles is 1. The summed E-state index contributed by atoms with van der Waals surface area (Å²) in [5, 5.41) is 11.7. The summed E-state index contributed by atoms with van der Waals surface area (Å²) in [5.41, 5.74) is 1.45. The molecule has 0 fully saturated rings. The third-order valence-electron chi connectivity index (χ3n) is 3.16. The molecule has 1 rings (SSSR count). The van der Waals surface area contributed by atoms with E-state index in [1.165, 1.54) is 6.08 Å². The minimum Gasteiger partial charge on any atom is -0.352 e. The highest BCUT2D eigenvalue weighted by Crippen LogP contribution is 2.07. The van der Waals surface area contributed by atoms with E-state index in [0.717, 1.165) is 18.4 Å². The van der Waals surface area contributed by atoms with Crippen molar-refractivity contribution in [1.29, 1.82) is 5.26 Å². The van der Waals surface area contributed by atoms with Gasteiger partial charge in [-0.3, -0.25) is 4.79 Å². The number of amides is 1. The molecular weight excluding hydrogens is 236 g/mol. The Morgan fingerprint density at radius 2 is 2.16 bits per heavy atom. The van der Waals surface area contributed by atoms with Crippen LogP contribution in [0.1, 0.15) is 37.8 Å². The molecule has 0 unspecified atom stereocenters. The van der Waals surface area contributed by atoms with Crippen molar-refractivity contribution < 1.29 is 4.79 Å². The summed E-state index contributed by atoms with van der Waals surface area (Å²) < 4.78 is 0.